The van der Waals surface area contributed by atoms with Gasteiger partial charge in [-0.15, -0.1) is 0 Å². The lowest BCUT2D eigenvalue weighted by Gasteiger charge is -2.21. The normalized spacial score (nSPS) is 12.9. The molecular weight excluding hydrogens is 456 g/mol. The standard InChI is InChI=1S/C25H20N2O6S/c1-14(33-20(28)9-11-26-25(32)15-10-12-34-13-15)24(31)27-19-8-4-7-18-21(19)23(30)17-6-3-2-5-16(17)22(18)29/h2-8,10,12-14H,9,11H2,1H3,(H,26,32)(H,27,31). The molecule has 0 bridgehead atoms. The fourth-order valence-electron chi connectivity index (χ4n) is 3.57. The van der Waals surface area contributed by atoms with Gasteiger partial charge in [-0.1, -0.05) is 36.4 Å². The van der Waals surface area contributed by atoms with Gasteiger partial charge in [0.05, 0.1) is 17.7 Å². The summed E-state index contributed by atoms with van der Waals surface area (Å²) < 4.78 is 5.15. The highest BCUT2D eigenvalue weighted by Crippen LogP contribution is 2.32. The Balaban J connectivity index is 1.37. The van der Waals surface area contributed by atoms with Crippen molar-refractivity contribution in [1.82, 2.24) is 5.32 Å². The van der Waals surface area contributed by atoms with Crippen LogP contribution < -0.4 is 10.6 Å². The number of ether oxygens (including phenoxy) is 1. The van der Waals surface area contributed by atoms with Gasteiger partial charge in [0.1, 0.15) is 0 Å². The maximum absolute atomic E-state index is 13.0. The van der Waals surface area contributed by atoms with Crippen LogP contribution in [0.15, 0.2) is 59.3 Å². The molecule has 4 rings (SSSR count). The second-order valence-corrected chi connectivity index (χ2v) is 8.35. The SMILES string of the molecule is CC(OC(=O)CCNC(=O)c1ccsc1)C(=O)Nc1cccc2c1C(=O)c1ccccc1C2=O. The fourth-order valence-corrected chi connectivity index (χ4v) is 4.20. The van der Waals surface area contributed by atoms with E-state index in [9.17, 15) is 24.0 Å². The van der Waals surface area contributed by atoms with Crippen LogP contribution in [0, 0.1) is 0 Å². The van der Waals surface area contributed by atoms with Gasteiger partial charge in [0.2, 0.25) is 0 Å². The minimum atomic E-state index is -1.15. The number of benzene rings is 2. The van der Waals surface area contributed by atoms with Crippen molar-refractivity contribution >= 4 is 46.4 Å². The van der Waals surface area contributed by atoms with Crippen LogP contribution in [0.4, 0.5) is 5.69 Å². The number of anilines is 1. The number of thiophene rings is 1. The van der Waals surface area contributed by atoms with Crippen molar-refractivity contribution in [1.29, 1.82) is 0 Å². The number of hydrogen-bond donors (Lipinski definition) is 2. The van der Waals surface area contributed by atoms with E-state index in [2.05, 4.69) is 10.6 Å². The number of hydrogen-bond acceptors (Lipinski definition) is 7. The first-order chi connectivity index (χ1) is 16.4. The summed E-state index contributed by atoms with van der Waals surface area (Å²) in [4.78, 5) is 62.5. The Labute approximate surface area is 198 Å². The van der Waals surface area contributed by atoms with Crippen LogP contribution in [0.25, 0.3) is 0 Å². The molecule has 0 radical (unpaired) electrons. The Morgan fingerprint density at radius 2 is 1.65 bits per heavy atom. The first-order valence-corrected chi connectivity index (χ1v) is 11.4. The van der Waals surface area contributed by atoms with E-state index in [1.807, 2.05) is 0 Å². The van der Waals surface area contributed by atoms with E-state index in [0.29, 0.717) is 11.1 Å². The number of amides is 2. The third-order valence-corrected chi connectivity index (χ3v) is 5.97. The molecule has 0 aliphatic heterocycles. The molecule has 0 saturated carbocycles. The van der Waals surface area contributed by atoms with E-state index in [0.717, 1.165) is 0 Å². The van der Waals surface area contributed by atoms with Crippen LogP contribution in [-0.2, 0) is 14.3 Å². The van der Waals surface area contributed by atoms with Gasteiger partial charge in [-0.2, -0.15) is 11.3 Å². The molecule has 172 valence electrons. The predicted molar refractivity (Wildman–Crippen MR) is 125 cm³/mol. The Kier molecular flexibility index (Phi) is 6.65. The summed E-state index contributed by atoms with van der Waals surface area (Å²) in [6.45, 7) is 1.46. The van der Waals surface area contributed by atoms with Crippen LogP contribution >= 0.6 is 11.3 Å². The lowest BCUT2D eigenvalue weighted by molar-refractivity contribution is -0.153. The second kappa shape index (κ2) is 9.80. The molecule has 0 fully saturated rings. The highest BCUT2D eigenvalue weighted by atomic mass is 32.1. The Morgan fingerprint density at radius 1 is 0.941 bits per heavy atom. The molecule has 1 heterocycles. The van der Waals surface area contributed by atoms with Gasteiger partial charge in [0, 0.05) is 34.2 Å². The maximum Gasteiger partial charge on any atom is 0.308 e. The zero-order valence-electron chi connectivity index (χ0n) is 18.1. The number of carbonyl (C=O) groups excluding carboxylic acids is 5. The Bertz CT molecular complexity index is 1300. The van der Waals surface area contributed by atoms with Gasteiger partial charge in [-0.25, -0.2) is 0 Å². The van der Waals surface area contributed by atoms with Crippen molar-refractivity contribution in [2.45, 2.75) is 19.4 Å². The van der Waals surface area contributed by atoms with Crippen LogP contribution in [0.3, 0.4) is 0 Å². The molecule has 34 heavy (non-hydrogen) atoms. The molecule has 0 saturated heterocycles. The van der Waals surface area contributed by atoms with E-state index < -0.39 is 18.0 Å². The molecule has 1 unspecified atom stereocenters. The number of carbonyl (C=O) groups is 5. The van der Waals surface area contributed by atoms with E-state index >= 15 is 0 Å². The van der Waals surface area contributed by atoms with Crippen molar-refractivity contribution in [2.24, 2.45) is 0 Å². The molecule has 2 N–H and O–H groups in total. The van der Waals surface area contributed by atoms with Crippen LogP contribution in [0.5, 0.6) is 0 Å². The molecule has 3 aromatic rings. The summed E-state index contributed by atoms with van der Waals surface area (Å²) >= 11 is 1.39. The Hall–Kier alpha value is -4.11. The number of ketones is 2. The molecule has 1 aliphatic rings. The first kappa shape index (κ1) is 23.1. The lowest BCUT2D eigenvalue weighted by Crippen LogP contribution is -2.33. The molecular formula is C25H20N2O6S. The number of esters is 1. The average Bonchev–Trinajstić information content (AvgIpc) is 3.37. The zero-order chi connectivity index (χ0) is 24.2. The van der Waals surface area contributed by atoms with Crippen molar-refractivity contribution < 1.29 is 28.7 Å². The third kappa shape index (κ3) is 4.65. The lowest BCUT2D eigenvalue weighted by atomic mass is 9.83. The van der Waals surface area contributed by atoms with Crippen LogP contribution in [0.1, 0.15) is 55.5 Å². The highest BCUT2D eigenvalue weighted by Gasteiger charge is 2.32. The summed E-state index contributed by atoms with van der Waals surface area (Å²) in [6, 6.07) is 12.8. The minimum absolute atomic E-state index is 0.0596. The van der Waals surface area contributed by atoms with Gasteiger partial charge >= 0.3 is 5.97 Å². The van der Waals surface area contributed by atoms with Gasteiger partial charge < -0.3 is 15.4 Å². The number of fused-ring (bicyclic) bond motifs is 2. The van der Waals surface area contributed by atoms with Crippen molar-refractivity contribution in [3.05, 3.63) is 87.1 Å². The summed E-state index contributed by atoms with van der Waals surface area (Å²) in [6.07, 6.45) is -1.27. The average molecular weight is 477 g/mol. The predicted octanol–water partition coefficient (Wildman–Crippen LogP) is 3.21. The van der Waals surface area contributed by atoms with Crippen LogP contribution in [0.2, 0.25) is 0 Å². The van der Waals surface area contributed by atoms with Gasteiger partial charge in [-0.3, -0.25) is 24.0 Å². The second-order valence-electron chi connectivity index (χ2n) is 7.57. The number of nitrogens with one attached hydrogen (secondary N) is 2. The Morgan fingerprint density at radius 3 is 2.35 bits per heavy atom. The summed E-state index contributed by atoms with van der Waals surface area (Å²) in [5, 5.41) is 8.67. The van der Waals surface area contributed by atoms with E-state index in [1.54, 1.807) is 47.2 Å². The maximum atomic E-state index is 13.0. The molecule has 2 amide bonds. The molecule has 1 atom stereocenters. The molecule has 0 spiro atoms. The smallest absolute Gasteiger partial charge is 0.308 e. The summed E-state index contributed by atoms with van der Waals surface area (Å²) in [7, 11) is 0. The van der Waals surface area contributed by atoms with Crippen LogP contribution in [-0.4, -0.2) is 42.0 Å². The van der Waals surface area contributed by atoms with E-state index in [4.69, 9.17) is 4.74 Å². The third-order valence-electron chi connectivity index (χ3n) is 5.29. The minimum Gasteiger partial charge on any atom is -0.452 e. The topological polar surface area (TPSA) is 119 Å². The first-order valence-electron chi connectivity index (χ1n) is 10.5. The quantitative estimate of drug-likeness (QED) is 0.396. The largest absolute Gasteiger partial charge is 0.452 e. The molecule has 9 heteroatoms. The van der Waals surface area contributed by atoms with Gasteiger partial charge in [0.15, 0.2) is 17.7 Å². The van der Waals surface area contributed by atoms with Gasteiger partial charge in [-0.05, 0) is 24.4 Å². The summed E-state index contributed by atoms with van der Waals surface area (Å²) in [5.41, 5.74) is 1.57. The number of rotatable bonds is 7. The van der Waals surface area contributed by atoms with E-state index in [-0.39, 0.29) is 52.8 Å². The monoisotopic (exact) mass is 476 g/mol. The molecule has 1 aliphatic carbocycles. The van der Waals surface area contributed by atoms with E-state index in [1.165, 1.54) is 30.4 Å². The van der Waals surface area contributed by atoms with Gasteiger partial charge in [0.25, 0.3) is 11.8 Å². The fraction of sp³-hybridized carbons (Fsp3) is 0.160. The molecule has 8 nitrogen and oxygen atoms in total. The zero-order valence-corrected chi connectivity index (χ0v) is 18.9. The van der Waals surface area contributed by atoms with Crippen molar-refractivity contribution in [3.8, 4) is 0 Å². The molecule has 1 aromatic heterocycles. The molecule has 2 aromatic carbocycles. The summed E-state index contributed by atoms with van der Waals surface area (Å²) in [5.74, 6) is -2.28. The highest BCUT2D eigenvalue weighted by molar-refractivity contribution is 7.08. The van der Waals surface area contributed by atoms with Crippen molar-refractivity contribution in [3.63, 3.8) is 0 Å². The van der Waals surface area contributed by atoms with Crippen molar-refractivity contribution in [2.75, 3.05) is 11.9 Å².